The molecule has 2 atom stereocenters. The second-order valence-electron chi connectivity index (χ2n) is 21.8. The number of carbonyl (C=O) groups is 5. The standard InChI is InChI=1S/C57H72FN9O6/c58-49-19-18-40(34-50-46-16-4-5-17-47(46)54(70)61-60-50)33-48(49)56(72)65-31-29-64(30-32-65)51(68)38-62-23-20-39(21-24-62)36-63-25-27-66(28-26-63)57(73)52(41-9-2-1-3-10-41)59-53(69)44-14-7-13-43(35-44)45-15-8-22-67(37-45)55(71)42-11-6-12-42/h4-5,7,13-14,16-19,33,35,39,41-42,45,52H,1-3,6,8-12,15,20-32,34,36-38H2,(H,59,69)(H,61,70)/t45?,52-/m1/s1. The van der Waals surface area contributed by atoms with E-state index in [4.69, 9.17) is 0 Å². The molecule has 3 aromatic carbocycles. The van der Waals surface area contributed by atoms with Crippen LogP contribution in [-0.2, 0) is 20.8 Å². The first kappa shape index (κ1) is 50.5. The minimum Gasteiger partial charge on any atom is -0.342 e. The number of amides is 5. The van der Waals surface area contributed by atoms with Crippen LogP contribution in [0.2, 0.25) is 0 Å². The third-order valence-corrected chi connectivity index (χ3v) is 17.1. The number of hydrogen-bond donors (Lipinski definition) is 2. The molecule has 5 heterocycles. The summed E-state index contributed by atoms with van der Waals surface area (Å²) in [5.41, 5.74) is 2.69. The lowest BCUT2D eigenvalue weighted by molar-refractivity contribution is -0.139. The molecule has 6 fully saturated rings. The van der Waals surface area contributed by atoms with E-state index in [0.29, 0.717) is 98.2 Å². The lowest BCUT2D eigenvalue weighted by atomic mass is 9.82. The van der Waals surface area contributed by atoms with Gasteiger partial charge in [-0.3, -0.25) is 38.6 Å². The quantitative estimate of drug-likeness (QED) is 0.172. The van der Waals surface area contributed by atoms with Gasteiger partial charge in [0.2, 0.25) is 17.7 Å². The van der Waals surface area contributed by atoms with E-state index in [1.165, 1.54) is 6.07 Å². The van der Waals surface area contributed by atoms with E-state index in [2.05, 4.69) is 31.4 Å². The zero-order valence-corrected chi connectivity index (χ0v) is 42.3. The number of carbonyl (C=O) groups excluding carboxylic acids is 5. The summed E-state index contributed by atoms with van der Waals surface area (Å²) in [6.45, 7) is 8.71. The van der Waals surface area contributed by atoms with Gasteiger partial charge in [-0.05, 0) is 118 Å². The van der Waals surface area contributed by atoms with E-state index in [-0.39, 0.29) is 46.6 Å². The minimum absolute atomic E-state index is 0.0204. The third kappa shape index (κ3) is 11.9. The number of nitrogens with one attached hydrogen (secondary N) is 2. The second kappa shape index (κ2) is 23.0. The van der Waals surface area contributed by atoms with Gasteiger partial charge in [-0.25, -0.2) is 9.49 Å². The molecule has 4 aliphatic heterocycles. The SMILES string of the molecule is O=C(N[C@@H](C(=O)N1CCN(CC2CCN(CC(=O)N3CCN(C(=O)c4cc(Cc5n[nH]c(=O)c6ccccc56)ccc4F)CC3)CC2)CC1)C1CCCCC1)c1cccc(C2CCCN(C(=O)C3CCC3)C2)c1. The van der Waals surface area contributed by atoms with Crippen LogP contribution < -0.4 is 10.9 Å². The van der Waals surface area contributed by atoms with Crippen molar-refractivity contribution in [3.8, 4) is 0 Å². The van der Waals surface area contributed by atoms with Gasteiger partial charge in [0.1, 0.15) is 11.9 Å². The van der Waals surface area contributed by atoms with Crippen molar-refractivity contribution in [2.45, 2.75) is 95.4 Å². The van der Waals surface area contributed by atoms with Crippen molar-refractivity contribution in [1.29, 1.82) is 0 Å². The second-order valence-corrected chi connectivity index (χ2v) is 21.8. The van der Waals surface area contributed by atoms with Gasteiger partial charge in [0.15, 0.2) is 0 Å². The van der Waals surface area contributed by atoms with E-state index >= 15 is 4.39 Å². The molecule has 4 saturated heterocycles. The molecule has 2 aliphatic carbocycles. The van der Waals surface area contributed by atoms with Gasteiger partial charge in [0.25, 0.3) is 17.4 Å². The summed E-state index contributed by atoms with van der Waals surface area (Å²) in [4.78, 5) is 93.0. The first-order chi connectivity index (χ1) is 35.5. The molecule has 2 N–H and O–H groups in total. The summed E-state index contributed by atoms with van der Waals surface area (Å²) in [5.74, 6) is 0.154. The van der Waals surface area contributed by atoms with Gasteiger partial charge in [0, 0.05) is 101 Å². The lowest BCUT2D eigenvalue weighted by Gasteiger charge is -2.41. The average molecular weight is 998 g/mol. The first-order valence-corrected chi connectivity index (χ1v) is 27.3. The van der Waals surface area contributed by atoms with Crippen LogP contribution in [0.25, 0.3) is 10.8 Å². The highest BCUT2D eigenvalue weighted by molar-refractivity contribution is 5.98. The fourth-order valence-electron chi connectivity index (χ4n) is 12.4. The number of piperazine rings is 2. The van der Waals surface area contributed by atoms with Gasteiger partial charge in [0.05, 0.1) is 23.2 Å². The number of likely N-dealkylation sites (tertiary alicyclic amines) is 2. The summed E-state index contributed by atoms with van der Waals surface area (Å²) in [7, 11) is 0. The topological polar surface area (TPSA) is 163 Å². The number of aromatic nitrogens is 2. The molecular formula is C57H72FN9O6. The molecule has 16 heteroatoms. The Labute approximate surface area is 427 Å². The normalized spacial score (nSPS) is 21.5. The molecule has 388 valence electrons. The molecule has 4 aromatic rings. The summed E-state index contributed by atoms with van der Waals surface area (Å²) in [6.07, 6.45) is 12.5. The Bertz CT molecular complexity index is 2700. The number of H-pyrrole nitrogens is 1. The zero-order chi connectivity index (χ0) is 50.4. The number of hydrogen-bond acceptors (Lipinski definition) is 9. The van der Waals surface area contributed by atoms with Crippen molar-refractivity contribution in [3.63, 3.8) is 0 Å². The molecule has 0 bridgehead atoms. The Balaban J connectivity index is 0.657. The van der Waals surface area contributed by atoms with E-state index in [1.807, 2.05) is 45.0 Å². The monoisotopic (exact) mass is 998 g/mol. The van der Waals surface area contributed by atoms with Crippen molar-refractivity contribution < 1.29 is 28.4 Å². The molecule has 15 nitrogen and oxygen atoms in total. The maximum Gasteiger partial charge on any atom is 0.272 e. The number of fused-ring (bicyclic) bond motifs is 1. The third-order valence-electron chi connectivity index (χ3n) is 17.1. The summed E-state index contributed by atoms with van der Waals surface area (Å²) >= 11 is 0. The number of nitrogens with zero attached hydrogens (tertiary/aromatic N) is 7. The van der Waals surface area contributed by atoms with Gasteiger partial charge < -0.3 is 24.9 Å². The van der Waals surface area contributed by atoms with Gasteiger partial charge >= 0.3 is 0 Å². The van der Waals surface area contributed by atoms with Crippen molar-refractivity contribution in [1.82, 2.24) is 44.9 Å². The van der Waals surface area contributed by atoms with Crippen LogP contribution in [0.1, 0.15) is 121 Å². The van der Waals surface area contributed by atoms with Crippen molar-refractivity contribution >= 4 is 40.3 Å². The molecule has 10 rings (SSSR count). The zero-order valence-electron chi connectivity index (χ0n) is 42.3. The highest BCUT2D eigenvalue weighted by atomic mass is 19.1. The highest BCUT2D eigenvalue weighted by Crippen LogP contribution is 2.34. The van der Waals surface area contributed by atoms with Gasteiger partial charge in [-0.1, -0.05) is 62.1 Å². The lowest BCUT2D eigenvalue weighted by Crippen LogP contribution is -2.57. The summed E-state index contributed by atoms with van der Waals surface area (Å²) in [5, 5.41) is 11.3. The number of piperidine rings is 2. The fraction of sp³-hybridized carbons (Fsp3) is 0.561. The molecule has 6 aliphatic rings. The minimum atomic E-state index is -0.604. The Morgan fingerprint density at radius 1 is 0.671 bits per heavy atom. The van der Waals surface area contributed by atoms with Gasteiger partial charge in [-0.15, -0.1) is 0 Å². The maximum atomic E-state index is 15.1. The van der Waals surface area contributed by atoms with Crippen LogP contribution >= 0.6 is 0 Å². The largest absolute Gasteiger partial charge is 0.342 e. The number of rotatable bonds is 13. The fourth-order valence-corrected chi connectivity index (χ4v) is 12.4. The molecular weight excluding hydrogens is 926 g/mol. The van der Waals surface area contributed by atoms with Crippen LogP contribution in [0.15, 0.2) is 71.5 Å². The van der Waals surface area contributed by atoms with E-state index in [0.717, 1.165) is 122 Å². The molecule has 1 unspecified atom stereocenters. The predicted molar refractivity (Wildman–Crippen MR) is 276 cm³/mol. The molecule has 5 amide bonds. The number of benzene rings is 3. The van der Waals surface area contributed by atoms with Crippen molar-refractivity contribution in [2.75, 3.05) is 91.6 Å². The van der Waals surface area contributed by atoms with Crippen LogP contribution in [0.5, 0.6) is 0 Å². The van der Waals surface area contributed by atoms with E-state index in [9.17, 15) is 28.8 Å². The molecule has 0 spiro atoms. The predicted octanol–water partition coefficient (Wildman–Crippen LogP) is 5.68. The summed E-state index contributed by atoms with van der Waals surface area (Å²) < 4.78 is 15.1. The van der Waals surface area contributed by atoms with Crippen LogP contribution in [0.3, 0.4) is 0 Å². The Kier molecular flexibility index (Phi) is 16.0. The first-order valence-electron chi connectivity index (χ1n) is 27.3. The number of aromatic amines is 1. The average Bonchev–Trinajstić information content (AvgIpc) is 3.41. The summed E-state index contributed by atoms with van der Waals surface area (Å²) in [6, 6.07) is 19.0. The maximum absolute atomic E-state index is 15.1. The Morgan fingerprint density at radius 2 is 1.40 bits per heavy atom. The van der Waals surface area contributed by atoms with Crippen molar-refractivity contribution in [2.24, 2.45) is 17.8 Å². The van der Waals surface area contributed by atoms with Gasteiger partial charge in [-0.2, -0.15) is 5.10 Å². The van der Waals surface area contributed by atoms with E-state index in [1.54, 1.807) is 29.2 Å². The molecule has 73 heavy (non-hydrogen) atoms. The van der Waals surface area contributed by atoms with Crippen LogP contribution in [-0.4, -0.2) is 167 Å². The molecule has 0 radical (unpaired) electrons. The smallest absolute Gasteiger partial charge is 0.272 e. The Hall–Kier alpha value is -6.00. The van der Waals surface area contributed by atoms with E-state index < -0.39 is 17.8 Å². The van der Waals surface area contributed by atoms with Crippen LogP contribution in [0.4, 0.5) is 4.39 Å². The van der Waals surface area contributed by atoms with Crippen molar-refractivity contribution in [3.05, 3.63) is 111 Å². The molecule has 2 saturated carbocycles. The van der Waals surface area contributed by atoms with Crippen LogP contribution in [0, 0.1) is 23.6 Å². The Morgan fingerprint density at radius 3 is 2.14 bits per heavy atom. The highest BCUT2D eigenvalue weighted by Gasteiger charge is 2.37. The number of halogens is 1. The molecule has 1 aromatic heterocycles.